The lowest BCUT2D eigenvalue weighted by Crippen LogP contribution is -2.42. The summed E-state index contributed by atoms with van der Waals surface area (Å²) in [4.78, 5) is 6.67. The molecule has 5 heteroatoms. The monoisotopic (exact) mass is 429 g/mol. The molecule has 0 bridgehead atoms. The third-order valence-electron chi connectivity index (χ3n) is 4.89. The number of benzene rings is 1. The summed E-state index contributed by atoms with van der Waals surface area (Å²) in [5, 5.41) is 3.56. The number of nitrogens with one attached hydrogen (secondary N) is 1. The Balaban J connectivity index is 0.00000192. The van der Waals surface area contributed by atoms with Gasteiger partial charge in [0.25, 0.3) is 0 Å². The average molecular weight is 429 g/mol. The van der Waals surface area contributed by atoms with Gasteiger partial charge in [0.2, 0.25) is 0 Å². The second-order valence-electron chi connectivity index (χ2n) is 6.47. The second kappa shape index (κ2) is 8.87. The minimum atomic E-state index is 0. The van der Waals surface area contributed by atoms with E-state index in [1.165, 1.54) is 24.0 Å². The lowest BCUT2D eigenvalue weighted by Gasteiger charge is -2.25. The first-order valence-electron chi connectivity index (χ1n) is 8.35. The average Bonchev–Trinajstić information content (AvgIpc) is 3.18. The quantitative estimate of drug-likeness (QED) is 0.455. The Morgan fingerprint density at radius 3 is 2.91 bits per heavy atom. The highest BCUT2D eigenvalue weighted by atomic mass is 127. The molecule has 1 aromatic rings. The molecule has 1 heterocycles. The Kier molecular flexibility index (Phi) is 7.14. The Labute approximate surface area is 156 Å². The molecule has 1 aliphatic heterocycles. The highest BCUT2D eigenvalue weighted by molar-refractivity contribution is 14.0. The van der Waals surface area contributed by atoms with Gasteiger partial charge < -0.3 is 15.0 Å². The third-order valence-corrected chi connectivity index (χ3v) is 4.89. The van der Waals surface area contributed by atoms with Crippen molar-refractivity contribution in [2.75, 3.05) is 40.4 Å². The Bertz CT molecular complexity index is 529. The molecule has 1 aliphatic carbocycles. The molecule has 23 heavy (non-hydrogen) atoms. The lowest BCUT2D eigenvalue weighted by atomic mass is 10.0. The van der Waals surface area contributed by atoms with Gasteiger partial charge in [0.05, 0.1) is 6.61 Å². The van der Waals surface area contributed by atoms with E-state index in [9.17, 15) is 0 Å². The van der Waals surface area contributed by atoms with Crippen molar-refractivity contribution >= 4 is 29.9 Å². The van der Waals surface area contributed by atoms with Gasteiger partial charge in [-0.1, -0.05) is 24.3 Å². The van der Waals surface area contributed by atoms with Crippen LogP contribution in [0.3, 0.4) is 0 Å². The smallest absolute Gasteiger partial charge is 0.193 e. The summed E-state index contributed by atoms with van der Waals surface area (Å²) < 4.78 is 5.46. The molecule has 1 N–H and O–H groups in total. The van der Waals surface area contributed by atoms with Crippen LogP contribution in [-0.4, -0.2) is 51.3 Å². The summed E-state index contributed by atoms with van der Waals surface area (Å²) in [6, 6.07) is 8.83. The zero-order chi connectivity index (χ0) is 15.4. The van der Waals surface area contributed by atoms with Crippen LogP contribution in [0.4, 0.5) is 0 Å². The van der Waals surface area contributed by atoms with Crippen LogP contribution < -0.4 is 5.32 Å². The number of ether oxygens (including phenoxy) is 1. The third kappa shape index (κ3) is 4.59. The van der Waals surface area contributed by atoms with E-state index in [-0.39, 0.29) is 24.0 Å². The van der Waals surface area contributed by atoms with Gasteiger partial charge in [-0.2, -0.15) is 0 Å². The zero-order valence-corrected chi connectivity index (χ0v) is 16.5. The van der Waals surface area contributed by atoms with Gasteiger partial charge in [-0.25, -0.2) is 0 Å². The van der Waals surface area contributed by atoms with Gasteiger partial charge in [0.1, 0.15) is 0 Å². The van der Waals surface area contributed by atoms with Crippen LogP contribution in [-0.2, 0) is 11.2 Å². The molecule has 3 rings (SSSR count). The van der Waals surface area contributed by atoms with Crippen LogP contribution >= 0.6 is 24.0 Å². The van der Waals surface area contributed by atoms with Crippen molar-refractivity contribution in [3.63, 3.8) is 0 Å². The normalized spacial score (nSPS) is 23.3. The van der Waals surface area contributed by atoms with Crippen LogP contribution in [0.1, 0.15) is 29.9 Å². The van der Waals surface area contributed by atoms with Crippen LogP contribution in [0, 0.1) is 5.92 Å². The summed E-state index contributed by atoms with van der Waals surface area (Å²) in [6.07, 6.45) is 3.61. The number of aryl methyl sites for hydroxylation is 1. The number of halogens is 1. The van der Waals surface area contributed by atoms with Gasteiger partial charge >= 0.3 is 0 Å². The molecule has 1 aromatic carbocycles. The molecule has 0 spiro atoms. The molecule has 0 amide bonds. The molecule has 2 unspecified atom stereocenters. The topological polar surface area (TPSA) is 36.9 Å². The summed E-state index contributed by atoms with van der Waals surface area (Å²) in [5.74, 6) is 2.24. The van der Waals surface area contributed by atoms with Crippen molar-refractivity contribution in [2.45, 2.75) is 25.2 Å². The Morgan fingerprint density at radius 1 is 1.35 bits per heavy atom. The van der Waals surface area contributed by atoms with Crippen LogP contribution in [0.25, 0.3) is 0 Å². The first kappa shape index (κ1) is 18.5. The summed E-state index contributed by atoms with van der Waals surface area (Å²) in [7, 11) is 3.99. The highest BCUT2D eigenvalue weighted by Gasteiger charge is 2.23. The van der Waals surface area contributed by atoms with E-state index in [0.717, 1.165) is 38.7 Å². The van der Waals surface area contributed by atoms with Crippen molar-refractivity contribution in [1.82, 2.24) is 10.2 Å². The number of guanidine groups is 1. The SMILES string of the molecule is CN=C(NCC1CCc2ccccc21)N(C)CC1CCOC1.I. The summed E-state index contributed by atoms with van der Waals surface area (Å²) in [5.41, 5.74) is 3.03. The van der Waals surface area contributed by atoms with E-state index in [4.69, 9.17) is 4.74 Å². The van der Waals surface area contributed by atoms with Crippen molar-refractivity contribution < 1.29 is 4.74 Å². The van der Waals surface area contributed by atoms with Crippen molar-refractivity contribution in [1.29, 1.82) is 0 Å². The van der Waals surface area contributed by atoms with E-state index in [0.29, 0.717) is 11.8 Å². The number of aliphatic imine (C=N–C) groups is 1. The maximum atomic E-state index is 5.46. The molecule has 4 nitrogen and oxygen atoms in total. The van der Waals surface area contributed by atoms with Crippen molar-refractivity contribution in [3.8, 4) is 0 Å². The molecule has 1 saturated heterocycles. The number of hydrogen-bond acceptors (Lipinski definition) is 2. The first-order valence-corrected chi connectivity index (χ1v) is 8.35. The van der Waals surface area contributed by atoms with E-state index in [2.05, 4.69) is 46.5 Å². The fourth-order valence-electron chi connectivity index (χ4n) is 3.66. The number of hydrogen-bond donors (Lipinski definition) is 1. The molecule has 0 saturated carbocycles. The van der Waals surface area contributed by atoms with Crippen LogP contribution in [0.5, 0.6) is 0 Å². The van der Waals surface area contributed by atoms with E-state index >= 15 is 0 Å². The Hall–Kier alpha value is -0.820. The number of fused-ring (bicyclic) bond motifs is 1. The molecule has 1 fully saturated rings. The summed E-state index contributed by atoms with van der Waals surface area (Å²) >= 11 is 0. The van der Waals surface area contributed by atoms with Gasteiger partial charge in [-0.15, -0.1) is 24.0 Å². The predicted molar refractivity (Wildman–Crippen MR) is 106 cm³/mol. The molecular weight excluding hydrogens is 401 g/mol. The molecule has 128 valence electrons. The Morgan fingerprint density at radius 2 is 2.17 bits per heavy atom. The number of nitrogens with zero attached hydrogens (tertiary/aromatic N) is 2. The predicted octanol–water partition coefficient (Wildman–Crippen LogP) is 2.88. The molecule has 2 atom stereocenters. The molecule has 0 radical (unpaired) electrons. The van der Waals surface area contributed by atoms with Gasteiger partial charge in [0, 0.05) is 45.6 Å². The minimum Gasteiger partial charge on any atom is -0.381 e. The van der Waals surface area contributed by atoms with E-state index < -0.39 is 0 Å². The first-order chi connectivity index (χ1) is 10.8. The largest absolute Gasteiger partial charge is 0.381 e. The fourth-order valence-corrected chi connectivity index (χ4v) is 3.66. The maximum Gasteiger partial charge on any atom is 0.193 e. The molecule has 0 aromatic heterocycles. The summed E-state index contributed by atoms with van der Waals surface area (Å²) in [6.45, 7) is 3.77. The second-order valence-corrected chi connectivity index (χ2v) is 6.47. The van der Waals surface area contributed by atoms with E-state index in [1.807, 2.05) is 7.05 Å². The van der Waals surface area contributed by atoms with Crippen molar-refractivity contribution in [3.05, 3.63) is 35.4 Å². The van der Waals surface area contributed by atoms with Crippen LogP contribution in [0.15, 0.2) is 29.3 Å². The number of rotatable bonds is 4. The van der Waals surface area contributed by atoms with Gasteiger partial charge in [-0.05, 0) is 30.4 Å². The standard InChI is InChI=1S/C18H27N3O.HI/c1-19-18(21(2)12-14-9-10-22-13-14)20-11-16-8-7-15-5-3-4-6-17(15)16;/h3-6,14,16H,7-13H2,1-2H3,(H,19,20);1H. The fraction of sp³-hybridized carbons (Fsp3) is 0.611. The van der Waals surface area contributed by atoms with Crippen LogP contribution in [0.2, 0.25) is 0 Å². The zero-order valence-electron chi connectivity index (χ0n) is 14.1. The van der Waals surface area contributed by atoms with E-state index in [1.54, 1.807) is 0 Å². The maximum absolute atomic E-state index is 5.46. The molecule has 2 aliphatic rings. The van der Waals surface area contributed by atoms with Gasteiger partial charge in [0.15, 0.2) is 5.96 Å². The molecular formula is C18H28IN3O. The minimum absolute atomic E-state index is 0. The van der Waals surface area contributed by atoms with Crippen molar-refractivity contribution in [2.24, 2.45) is 10.9 Å². The highest BCUT2D eigenvalue weighted by Crippen LogP contribution is 2.32. The lowest BCUT2D eigenvalue weighted by molar-refractivity contribution is 0.181. The van der Waals surface area contributed by atoms with Gasteiger partial charge in [-0.3, -0.25) is 4.99 Å².